The van der Waals surface area contributed by atoms with Crippen LogP contribution in [0.3, 0.4) is 0 Å². The van der Waals surface area contributed by atoms with Gasteiger partial charge in [-0.05, 0) is 25.5 Å². The molecule has 0 radical (unpaired) electrons. The Morgan fingerprint density at radius 3 is 2.61 bits per heavy atom. The number of aromatic carboxylic acids is 1. The van der Waals surface area contributed by atoms with E-state index in [-0.39, 0.29) is 11.7 Å². The number of nitrogens with one attached hydrogen (secondary N) is 1. The first-order chi connectivity index (χ1) is 8.47. The highest BCUT2D eigenvalue weighted by Gasteiger charge is 2.18. The van der Waals surface area contributed by atoms with E-state index in [1.807, 2.05) is 6.92 Å². The molecule has 0 aliphatic heterocycles. The summed E-state index contributed by atoms with van der Waals surface area (Å²) in [5.74, 6) is -3.94. The number of anilines is 1. The van der Waals surface area contributed by atoms with Crippen molar-refractivity contribution in [1.82, 2.24) is 0 Å². The third-order valence-corrected chi connectivity index (χ3v) is 2.71. The molecule has 1 unspecified atom stereocenters. The number of halogens is 2. The highest BCUT2D eigenvalue weighted by molar-refractivity contribution is 5.88. The Kier molecular flexibility index (Phi) is 5.07. The first kappa shape index (κ1) is 14.4. The lowest BCUT2D eigenvalue weighted by atomic mass is 10.1. The molecule has 1 aromatic rings. The van der Waals surface area contributed by atoms with Crippen LogP contribution in [0.1, 0.15) is 43.5 Å². The van der Waals surface area contributed by atoms with Gasteiger partial charge in [0.1, 0.15) is 0 Å². The standard InChI is InChI=1S/C13H17F2NO2/c1-3-4-5-8(2)16-10-7-6-9(13(17)18)11(14)12(10)15/h6-8,16H,3-5H2,1-2H3,(H,17,18). The first-order valence-corrected chi connectivity index (χ1v) is 5.95. The molecule has 0 bridgehead atoms. The molecule has 1 rings (SSSR count). The van der Waals surface area contributed by atoms with Crippen LogP contribution in [0.25, 0.3) is 0 Å². The maximum absolute atomic E-state index is 13.6. The molecule has 0 saturated carbocycles. The number of rotatable bonds is 6. The minimum Gasteiger partial charge on any atom is -0.478 e. The summed E-state index contributed by atoms with van der Waals surface area (Å²) in [7, 11) is 0. The molecule has 0 fully saturated rings. The second-order valence-electron chi connectivity index (χ2n) is 4.28. The topological polar surface area (TPSA) is 49.3 Å². The van der Waals surface area contributed by atoms with Crippen LogP contribution in [-0.2, 0) is 0 Å². The minimum absolute atomic E-state index is 0.00102. The van der Waals surface area contributed by atoms with Crippen LogP contribution < -0.4 is 5.32 Å². The predicted octanol–water partition coefficient (Wildman–Crippen LogP) is 3.65. The fourth-order valence-electron chi connectivity index (χ4n) is 1.67. The largest absolute Gasteiger partial charge is 0.478 e. The lowest BCUT2D eigenvalue weighted by molar-refractivity contribution is 0.0690. The van der Waals surface area contributed by atoms with Gasteiger partial charge in [0.25, 0.3) is 0 Å². The first-order valence-electron chi connectivity index (χ1n) is 5.95. The normalized spacial score (nSPS) is 12.2. The number of carbonyl (C=O) groups is 1. The van der Waals surface area contributed by atoms with Crippen molar-refractivity contribution < 1.29 is 18.7 Å². The van der Waals surface area contributed by atoms with E-state index in [1.165, 1.54) is 6.07 Å². The van der Waals surface area contributed by atoms with Crippen molar-refractivity contribution in [2.75, 3.05) is 5.32 Å². The summed E-state index contributed by atoms with van der Waals surface area (Å²) in [6, 6.07) is 2.33. The van der Waals surface area contributed by atoms with Gasteiger partial charge in [0, 0.05) is 6.04 Å². The predicted molar refractivity (Wildman–Crippen MR) is 65.9 cm³/mol. The van der Waals surface area contributed by atoms with E-state index in [2.05, 4.69) is 12.2 Å². The Morgan fingerprint density at radius 2 is 2.06 bits per heavy atom. The van der Waals surface area contributed by atoms with Gasteiger partial charge in [-0.3, -0.25) is 0 Å². The molecule has 0 saturated heterocycles. The summed E-state index contributed by atoms with van der Waals surface area (Å²) in [5.41, 5.74) is -0.652. The molecule has 0 spiro atoms. The Labute approximate surface area is 105 Å². The molecule has 1 atom stereocenters. The van der Waals surface area contributed by atoms with Gasteiger partial charge in [-0.25, -0.2) is 13.6 Å². The molecule has 0 aromatic heterocycles. The van der Waals surface area contributed by atoms with E-state index >= 15 is 0 Å². The van der Waals surface area contributed by atoms with Gasteiger partial charge >= 0.3 is 5.97 Å². The van der Waals surface area contributed by atoms with E-state index in [4.69, 9.17) is 5.11 Å². The molecule has 5 heteroatoms. The zero-order valence-corrected chi connectivity index (χ0v) is 10.5. The molecule has 0 aliphatic carbocycles. The quantitative estimate of drug-likeness (QED) is 0.817. The van der Waals surface area contributed by atoms with E-state index in [0.29, 0.717) is 0 Å². The van der Waals surface area contributed by atoms with E-state index in [0.717, 1.165) is 25.3 Å². The van der Waals surface area contributed by atoms with E-state index in [1.54, 1.807) is 0 Å². The number of carboxylic acid groups (broad SMARTS) is 1. The summed E-state index contributed by atoms with van der Waals surface area (Å²) in [6.45, 7) is 3.92. The summed E-state index contributed by atoms with van der Waals surface area (Å²) >= 11 is 0. The number of carboxylic acids is 1. The van der Waals surface area contributed by atoms with E-state index in [9.17, 15) is 13.6 Å². The summed E-state index contributed by atoms with van der Waals surface area (Å²) in [5, 5.41) is 11.5. The Bertz CT molecular complexity index is 435. The molecule has 0 heterocycles. The fraction of sp³-hybridized carbons (Fsp3) is 0.462. The zero-order chi connectivity index (χ0) is 13.7. The lowest BCUT2D eigenvalue weighted by Gasteiger charge is -2.16. The molecule has 3 nitrogen and oxygen atoms in total. The van der Waals surface area contributed by atoms with Gasteiger partial charge in [-0.1, -0.05) is 19.8 Å². The highest BCUT2D eigenvalue weighted by atomic mass is 19.2. The maximum Gasteiger partial charge on any atom is 0.338 e. The van der Waals surface area contributed by atoms with Gasteiger partial charge in [0.15, 0.2) is 11.6 Å². The molecule has 1 aromatic carbocycles. The van der Waals surface area contributed by atoms with Crippen LogP contribution in [0.4, 0.5) is 14.5 Å². The molecular formula is C13H17F2NO2. The van der Waals surface area contributed by atoms with Crippen LogP contribution in [0.5, 0.6) is 0 Å². The maximum atomic E-state index is 13.6. The number of benzene rings is 1. The van der Waals surface area contributed by atoms with Crippen molar-refractivity contribution in [3.05, 3.63) is 29.3 Å². The highest BCUT2D eigenvalue weighted by Crippen LogP contribution is 2.22. The van der Waals surface area contributed by atoms with Crippen LogP contribution in [-0.4, -0.2) is 17.1 Å². The molecule has 18 heavy (non-hydrogen) atoms. The molecule has 100 valence electrons. The third kappa shape index (κ3) is 3.42. The summed E-state index contributed by atoms with van der Waals surface area (Å²) < 4.78 is 27.0. The van der Waals surface area contributed by atoms with Crippen molar-refractivity contribution in [3.8, 4) is 0 Å². The third-order valence-electron chi connectivity index (χ3n) is 2.71. The second kappa shape index (κ2) is 6.33. The van der Waals surface area contributed by atoms with Crippen LogP contribution in [0, 0.1) is 11.6 Å². The smallest absolute Gasteiger partial charge is 0.338 e. The second-order valence-corrected chi connectivity index (χ2v) is 4.28. The van der Waals surface area contributed by atoms with Gasteiger partial charge in [-0.15, -0.1) is 0 Å². The average molecular weight is 257 g/mol. The van der Waals surface area contributed by atoms with Crippen molar-refractivity contribution in [2.45, 2.75) is 39.2 Å². The summed E-state index contributed by atoms with van der Waals surface area (Å²) in [6.07, 6.45) is 2.87. The number of hydrogen-bond acceptors (Lipinski definition) is 2. The van der Waals surface area contributed by atoms with Crippen molar-refractivity contribution >= 4 is 11.7 Å². The number of hydrogen-bond donors (Lipinski definition) is 2. The van der Waals surface area contributed by atoms with Crippen LogP contribution >= 0.6 is 0 Å². The Hall–Kier alpha value is -1.65. The SMILES string of the molecule is CCCCC(C)Nc1ccc(C(=O)O)c(F)c1F. The van der Waals surface area contributed by atoms with Gasteiger partial charge < -0.3 is 10.4 Å². The monoisotopic (exact) mass is 257 g/mol. The lowest BCUT2D eigenvalue weighted by Crippen LogP contribution is -2.17. The van der Waals surface area contributed by atoms with Crippen LogP contribution in [0.15, 0.2) is 12.1 Å². The van der Waals surface area contributed by atoms with Crippen molar-refractivity contribution in [3.63, 3.8) is 0 Å². The fourth-order valence-corrected chi connectivity index (χ4v) is 1.67. The van der Waals surface area contributed by atoms with Gasteiger partial charge in [-0.2, -0.15) is 0 Å². The van der Waals surface area contributed by atoms with Crippen molar-refractivity contribution in [1.29, 1.82) is 0 Å². The molecule has 2 N–H and O–H groups in total. The van der Waals surface area contributed by atoms with Gasteiger partial charge in [0.2, 0.25) is 0 Å². The summed E-state index contributed by atoms with van der Waals surface area (Å²) in [4.78, 5) is 10.6. The zero-order valence-electron chi connectivity index (χ0n) is 10.5. The average Bonchev–Trinajstić information content (AvgIpc) is 2.32. The molecule has 0 aliphatic rings. The Balaban J connectivity index is 2.85. The molecular weight excluding hydrogens is 240 g/mol. The number of unbranched alkanes of at least 4 members (excludes halogenated alkanes) is 1. The minimum atomic E-state index is -1.48. The molecule has 0 amide bonds. The van der Waals surface area contributed by atoms with E-state index < -0.39 is 23.2 Å². The van der Waals surface area contributed by atoms with Crippen molar-refractivity contribution in [2.24, 2.45) is 0 Å². The van der Waals surface area contributed by atoms with Gasteiger partial charge in [0.05, 0.1) is 11.3 Å². The Morgan fingerprint density at radius 1 is 1.39 bits per heavy atom. The van der Waals surface area contributed by atoms with Crippen LogP contribution in [0.2, 0.25) is 0 Å².